The highest BCUT2D eigenvalue weighted by Crippen LogP contribution is 2.41. The Hall–Kier alpha value is -3.28. The van der Waals surface area contributed by atoms with E-state index in [1.807, 2.05) is 24.4 Å². The molecule has 154 valence electrons. The van der Waals surface area contributed by atoms with Gasteiger partial charge in [0.25, 0.3) is 5.91 Å². The number of amides is 1. The normalized spacial score (nSPS) is 18.7. The number of carbonyl (C=O) groups excluding carboxylic acids is 1. The van der Waals surface area contributed by atoms with Crippen molar-refractivity contribution in [1.29, 1.82) is 0 Å². The van der Waals surface area contributed by atoms with Crippen LogP contribution in [0.1, 0.15) is 53.5 Å². The standard InChI is InChI=1S/C24H25N3O3/c1-24(2)11-19(26-23(28)17-8-9-21-22(10-17)30-15-29-21)18-13-25-27(20(18)12-24)14-16-6-4-3-5-7-16/h3-10,13,19H,11-12,14-15H2,1-2H3,(H,26,28). The first-order chi connectivity index (χ1) is 14.5. The Morgan fingerprint density at radius 1 is 1.17 bits per heavy atom. The molecule has 30 heavy (non-hydrogen) atoms. The molecule has 0 bridgehead atoms. The van der Waals surface area contributed by atoms with Gasteiger partial charge in [-0.15, -0.1) is 0 Å². The number of ether oxygens (including phenoxy) is 2. The number of nitrogens with zero attached hydrogens (tertiary/aromatic N) is 2. The average Bonchev–Trinajstić information content (AvgIpc) is 3.34. The van der Waals surface area contributed by atoms with Crippen molar-refractivity contribution >= 4 is 5.91 Å². The zero-order valence-electron chi connectivity index (χ0n) is 17.2. The Morgan fingerprint density at radius 3 is 2.80 bits per heavy atom. The van der Waals surface area contributed by atoms with E-state index in [4.69, 9.17) is 9.47 Å². The number of nitrogens with one attached hydrogen (secondary N) is 1. The van der Waals surface area contributed by atoms with Gasteiger partial charge >= 0.3 is 0 Å². The van der Waals surface area contributed by atoms with Crippen molar-refractivity contribution in [2.45, 2.75) is 39.3 Å². The lowest BCUT2D eigenvalue weighted by Gasteiger charge is -2.36. The molecule has 0 fully saturated rings. The Labute approximate surface area is 175 Å². The monoisotopic (exact) mass is 403 g/mol. The van der Waals surface area contributed by atoms with Gasteiger partial charge in [-0.1, -0.05) is 44.2 Å². The molecule has 1 amide bonds. The molecule has 1 aliphatic heterocycles. The van der Waals surface area contributed by atoms with Gasteiger partial charge in [0.05, 0.1) is 18.8 Å². The summed E-state index contributed by atoms with van der Waals surface area (Å²) < 4.78 is 12.8. The van der Waals surface area contributed by atoms with Gasteiger partial charge < -0.3 is 14.8 Å². The quantitative estimate of drug-likeness (QED) is 0.712. The number of rotatable bonds is 4. The first-order valence-electron chi connectivity index (χ1n) is 10.3. The molecule has 3 aromatic rings. The second kappa shape index (κ2) is 7.20. The van der Waals surface area contributed by atoms with Crippen molar-refractivity contribution in [1.82, 2.24) is 15.1 Å². The van der Waals surface area contributed by atoms with Crippen LogP contribution in [0, 0.1) is 5.41 Å². The zero-order chi connectivity index (χ0) is 20.7. The van der Waals surface area contributed by atoms with E-state index in [9.17, 15) is 4.79 Å². The summed E-state index contributed by atoms with van der Waals surface area (Å²) in [6.07, 6.45) is 3.72. The third-order valence-electron chi connectivity index (χ3n) is 5.87. The number of carbonyl (C=O) groups is 1. The maximum Gasteiger partial charge on any atom is 0.251 e. The van der Waals surface area contributed by atoms with E-state index in [0.29, 0.717) is 17.1 Å². The van der Waals surface area contributed by atoms with Crippen molar-refractivity contribution in [3.8, 4) is 11.5 Å². The lowest BCUT2D eigenvalue weighted by atomic mass is 9.74. The molecule has 2 aliphatic rings. The van der Waals surface area contributed by atoms with E-state index in [1.165, 1.54) is 11.3 Å². The Kier molecular flexibility index (Phi) is 4.50. The minimum absolute atomic E-state index is 0.0638. The lowest BCUT2D eigenvalue weighted by Crippen LogP contribution is -2.36. The predicted molar refractivity (Wildman–Crippen MR) is 113 cm³/mol. The highest BCUT2D eigenvalue weighted by Gasteiger charge is 2.36. The summed E-state index contributed by atoms with van der Waals surface area (Å²) in [4.78, 5) is 13.0. The van der Waals surface area contributed by atoms with E-state index in [1.54, 1.807) is 18.2 Å². The van der Waals surface area contributed by atoms with E-state index in [2.05, 4.69) is 41.1 Å². The van der Waals surface area contributed by atoms with Crippen molar-refractivity contribution in [3.63, 3.8) is 0 Å². The van der Waals surface area contributed by atoms with E-state index >= 15 is 0 Å². The third kappa shape index (κ3) is 3.54. The van der Waals surface area contributed by atoms with Gasteiger partial charge in [-0.2, -0.15) is 5.10 Å². The number of benzene rings is 2. The molecule has 6 heteroatoms. The Balaban J connectivity index is 1.40. The summed E-state index contributed by atoms with van der Waals surface area (Å²) in [7, 11) is 0. The summed E-state index contributed by atoms with van der Waals surface area (Å²) in [5.74, 6) is 1.18. The van der Waals surface area contributed by atoms with Crippen LogP contribution in [-0.4, -0.2) is 22.5 Å². The van der Waals surface area contributed by atoms with Gasteiger partial charge in [-0.25, -0.2) is 0 Å². The van der Waals surface area contributed by atoms with Crippen LogP contribution in [0.2, 0.25) is 0 Å². The summed E-state index contributed by atoms with van der Waals surface area (Å²) in [6.45, 7) is 5.42. The van der Waals surface area contributed by atoms with Gasteiger partial charge in [0.2, 0.25) is 6.79 Å². The smallest absolute Gasteiger partial charge is 0.251 e. The van der Waals surface area contributed by atoms with Crippen LogP contribution in [0.15, 0.2) is 54.7 Å². The average molecular weight is 403 g/mol. The molecule has 0 saturated heterocycles. The van der Waals surface area contributed by atoms with Crippen molar-refractivity contribution in [3.05, 3.63) is 77.1 Å². The molecule has 1 unspecified atom stereocenters. The first kappa shape index (κ1) is 18.7. The highest BCUT2D eigenvalue weighted by atomic mass is 16.7. The summed E-state index contributed by atoms with van der Waals surface area (Å²) in [6, 6.07) is 15.6. The molecule has 6 nitrogen and oxygen atoms in total. The molecule has 2 heterocycles. The lowest BCUT2D eigenvalue weighted by molar-refractivity contribution is 0.0918. The Bertz CT molecular complexity index is 1090. The van der Waals surface area contributed by atoms with Crippen LogP contribution in [0.3, 0.4) is 0 Å². The molecule has 1 aliphatic carbocycles. The van der Waals surface area contributed by atoms with E-state index in [-0.39, 0.29) is 24.2 Å². The summed E-state index contributed by atoms with van der Waals surface area (Å²) >= 11 is 0. The zero-order valence-corrected chi connectivity index (χ0v) is 17.2. The fourth-order valence-electron chi connectivity index (χ4n) is 4.40. The van der Waals surface area contributed by atoms with Crippen LogP contribution < -0.4 is 14.8 Å². The maximum absolute atomic E-state index is 13.0. The molecule has 1 N–H and O–H groups in total. The molecular weight excluding hydrogens is 378 g/mol. The largest absolute Gasteiger partial charge is 0.454 e. The Morgan fingerprint density at radius 2 is 1.97 bits per heavy atom. The van der Waals surface area contributed by atoms with Crippen LogP contribution in [0.4, 0.5) is 0 Å². The number of aromatic nitrogens is 2. The first-order valence-corrected chi connectivity index (χ1v) is 10.3. The van der Waals surface area contributed by atoms with Gasteiger partial charge in [0.15, 0.2) is 11.5 Å². The predicted octanol–water partition coefficient (Wildman–Crippen LogP) is 4.10. The summed E-state index contributed by atoms with van der Waals surface area (Å²) in [5, 5.41) is 7.89. The van der Waals surface area contributed by atoms with Crippen LogP contribution in [0.5, 0.6) is 11.5 Å². The second-order valence-corrected chi connectivity index (χ2v) is 8.83. The highest BCUT2D eigenvalue weighted by molar-refractivity contribution is 5.95. The second-order valence-electron chi connectivity index (χ2n) is 8.83. The van der Waals surface area contributed by atoms with Crippen LogP contribution >= 0.6 is 0 Å². The SMILES string of the molecule is CC1(C)Cc2c(cnn2Cc2ccccc2)C(NC(=O)c2ccc3c(c2)OCO3)C1. The minimum atomic E-state index is -0.113. The number of hydrogen-bond donors (Lipinski definition) is 1. The van der Waals surface area contributed by atoms with Gasteiger partial charge in [0.1, 0.15) is 0 Å². The van der Waals surface area contributed by atoms with E-state index in [0.717, 1.165) is 24.9 Å². The molecule has 5 rings (SSSR count). The number of fused-ring (bicyclic) bond motifs is 2. The fraction of sp³-hybridized carbons (Fsp3) is 0.333. The summed E-state index contributed by atoms with van der Waals surface area (Å²) in [5.41, 5.74) is 4.16. The van der Waals surface area contributed by atoms with Gasteiger partial charge in [0, 0.05) is 16.8 Å². The fourth-order valence-corrected chi connectivity index (χ4v) is 4.40. The molecule has 0 saturated carbocycles. The molecule has 1 aromatic heterocycles. The topological polar surface area (TPSA) is 65.4 Å². The van der Waals surface area contributed by atoms with E-state index < -0.39 is 0 Å². The molecule has 0 spiro atoms. The molecule has 1 atom stereocenters. The minimum Gasteiger partial charge on any atom is -0.454 e. The van der Waals surface area contributed by atoms with Crippen molar-refractivity contribution in [2.24, 2.45) is 5.41 Å². The third-order valence-corrected chi connectivity index (χ3v) is 5.87. The van der Waals surface area contributed by atoms with Gasteiger partial charge in [-0.3, -0.25) is 9.48 Å². The van der Waals surface area contributed by atoms with Crippen LogP contribution in [-0.2, 0) is 13.0 Å². The molecule has 2 aromatic carbocycles. The maximum atomic E-state index is 13.0. The van der Waals surface area contributed by atoms with Crippen LogP contribution in [0.25, 0.3) is 0 Å². The molecule has 0 radical (unpaired) electrons. The van der Waals surface area contributed by atoms with Crippen molar-refractivity contribution < 1.29 is 14.3 Å². The van der Waals surface area contributed by atoms with Gasteiger partial charge in [-0.05, 0) is 42.0 Å². The molecular formula is C24H25N3O3. The number of hydrogen-bond acceptors (Lipinski definition) is 4. The van der Waals surface area contributed by atoms with Crippen molar-refractivity contribution in [2.75, 3.05) is 6.79 Å².